The number of hydrogen-bond donors (Lipinski definition) is 0. The normalized spacial score (nSPS) is 20.5. The van der Waals surface area contributed by atoms with E-state index in [2.05, 4.69) is 0 Å². The Balaban J connectivity index is 2.04. The summed E-state index contributed by atoms with van der Waals surface area (Å²) in [5, 5.41) is 0. The zero-order valence-electron chi connectivity index (χ0n) is 12.7. The van der Waals surface area contributed by atoms with Crippen molar-refractivity contribution >= 4 is 10.0 Å². The Morgan fingerprint density at radius 1 is 1.24 bits per heavy atom. The maximum Gasteiger partial charge on any atom is 0.218 e. The van der Waals surface area contributed by atoms with Crippen LogP contribution in [0.5, 0.6) is 0 Å². The highest BCUT2D eigenvalue weighted by molar-refractivity contribution is 7.88. The van der Waals surface area contributed by atoms with Crippen LogP contribution >= 0.6 is 0 Å². The van der Waals surface area contributed by atoms with Crippen LogP contribution in [0.3, 0.4) is 0 Å². The van der Waals surface area contributed by atoms with Crippen LogP contribution in [0.25, 0.3) is 0 Å². The highest BCUT2D eigenvalue weighted by atomic mass is 32.2. The van der Waals surface area contributed by atoms with Crippen LogP contribution in [0.4, 0.5) is 0 Å². The second-order valence-corrected chi connectivity index (χ2v) is 7.56. The average Bonchev–Trinajstić information content (AvgIpc) is 2.48. The minimum absolute atomic E-state index is 0.106. The van der Waals surface area contributed by atoms with Crippen molar-refractivity contribution in [2.45, 2.75) is 43.9 Å². The van der Waals surface area contributed by atoms with Gasteiger partial charge >= 0.3 is 0 Å². The summed E-state index contributed by atoms with van der Waals surface area (Å²) >= 11 is 0. The van der Waals surface area contributed by atoms with Crippen molar-refractivity contribution in [1.82, 2.24) is 4.31 Å². The predicted octanol–water partition coefficient (Wildman–Crippen LogP) is 2.80. The number of methoxy groups -OCH3 is 1. The van der Waals surface area contributed by atoms with Crippen molar-refractivity contribution in [3.8, 4) is 0 Å². The van der Waals surface area contributed by atoms with Crippen molar-refractivity contribution in [3.05, 3.63) is 35.9 Å². The first-order chi connectivity index (χ1) is 10.1. The lowest BCUT2D eigenvalue weighted by Gasteiger charge is -2.34. The summed E-state index contributed by atoms with van der Waals surface area (Å²) in [6, 6.07) is 9.57. The van der Waals surface area contributed by atoms with Crippen LogP contribution in [-0.4, -0.2) is 39.0 Å². The van der Waals surface area contributed by atoms with Gasteiger partial charge < -0.3 is 4.74 Å². The largest absolute Gasteiger partial charge is 0.385 e. The highest BCUT2D eigenvalue weighted by Gasteiger charge is 2.31. The van der Waals surface area contributed by atoms with Gasteiger partial charge in [0.25, 0.3) is 0 Å². The minimum Gasteiger partial charge on any atom is -0.385 e. The Bertz CT molecular complexity index is 516. The van der Waals surface area contributed by atoms with E-state index in [0.29, 0.717) is 13.2 Å². The Labute approximate surface area is 128 Å². The quantitative estimate of drug-likeness (QED) is 0.728. The number of piperidine rings is 1. The Morgan fingerprint density at radius 3 is 2.71 bits per heavy atom. The molecule has 0 saturated carbocycles. The number of sulfonamides is 1. The third kappa shape index (κ3) is 4.80. The first-order valence-corrected chi connectivity index (χ1v) is 9.27. The molecule has 21 heavy (non-hydrogen) atoms. The molecule has 1 aromatic rings. The minimum atomic E-state index is -3.23. The number of nitrogens with zero attached hydrogens (tertiary/aromatic N) is 1. The van der Waals surface area contributed by atoms with Crippen LogP contribution in [0.1, 0.15) is 37.7 Å². The monoisotopic (exact) mass is 311 g/mol. The third-order valence-electron chi connectivity index (χ3n) is 4.01. The van der Waals surface area contributed by atoms with Gasteiger partial charge in [-0.25, -0.2) is 8.42 Å². The number of hydrogen-bond acceptors (Lipinski definition) is 3. The van der Waals surface area contributed by atoms with Gasteiger partial charge in [-0.15, -0.1) is 0 Å². The fourth-order valence-electron chi connectivity index (χ4n) is 2.96. The zero-order chi connectivity index (χ0) is 15.1. The Hall–Kier alpha value is -0.910. The van der Waals surface area contributed by atoms with Crippen LogP contribution < -0.4 is 0 Å². The molecule has 1 atom stereocenters. The smallest absolute Gasteiger partial charge is 0.218 e. The number of rotatable bonds is 7. The summed E-state index contributed by atoms with van der Waals surface area (Å²) in [7, 11) is -1.54. The van der Waals surface area contributed by atoms with E-state index < -0.39 is 10.0 Å². The molecule has 118 valence electrons. The molecule has 0 aromatic heterocycles. The average molecular weight is 311 g/mol. The molecule has 1 aliphatic rings. The standard InChI is InChI=1S/C16H25NO3S/c1-20-13-7-11-16-10-5-6-12-17(16)21(18,19)14-15-8-3-2-4-9-15/h2-4,8-9,16H,5-7,10-14H2,1H3/t16-/m1/s1. The summed E-state index contributed by atoms with van der Waals surface area (Å²) in [6.07, 6.45) is 4.86. The molecule has 1 fully saturated rings. The highest BCUT2D eigenvalue weighted by Crippen LogP contribution is 2.25. The van der Waals surface area contributed by atoms with Gasteiger partial charge in [0.2, 0.25) is 10.0 Å². The molecule has 0 N–H and O–H groups in total. The van der Waals surface area contributed by atoms with Gasteiger partial charge in [0, 0.05) is 26.3 Å². The van der Waals surface area contributed by atoms with E-state index in [-0.39, 0.29) is 11.8 Å². The third-order valence-corrected chi connectivity index (χ3v) is 5.90. The molecular formula is C16H25NO3S. The lowest BCUT2D eigenvalue weighted by atomic mass is 10.0. The maximum atomic E-state index is 12.7. The molecule has 1 aromatic carbocycles. The van der Waals surface area contributed by atoms with Gasteiger partial charge in [-0.2, -0.15) is 4.31 Å². The van der Waals surface area contributed by atoms with Gasteiger partial charge in [-0.3, -0.25) is 0 Å². The SMILES string of the molecule is COCCC[C@H]1CCCCN1S(=O)(=O)Cc1ccccc1. The summed E-state index contributed by atoms with van der Waals surface area (Å²) in [5.41, 5.74) is 0.860. The maximum absolute atomic E-state index is 12.7. The lowest BCUT2D eigenvalue weighted by molar-refractivity contribution is 0.172. The topological polar surface area (TPSA) is 46.6 Å². The Kier molecular flexibility index (Phi) is 6.21. The van der Waals surface area contributed by atoms with E-state index in [9.17, 15) is 8.42 Å². The van der Waals surface area contributed by atoms with Crippen molar-refractivity contribution in [1.29, 1.82) is 0 Å². The van der Waals surface area contributed by atoms with Gasteiger partial charge in [0.1, 0.15) is 0 Å². The second-order valence-electron chi connectivity index (χ2n) is 5.64. The Morgan fingerprint density at radius 2 is 2.00 bits per heavy atom. The van der Waals surface area contributed by atoms with Gasteiger partial charge in [-0.05, 0) is 31.2 Å². The van der Waals surface area contributed by atoms with Crippen molar-refractivity contribution in [2.75, 3.05) is 20.3 Å². The molecule has 1 heterocycles. The van der Waals surface area contributed by atoms with Crippen LogP contribution in [0.15, 0.2) is 30.3 Å². The van der Waals surface area contributed by atoms with E-state index in [1.165, 1.54) is 0 Å². The molecule has 5 heteroatoms. The summed E-state index contributed by atoms with van der Waals surface area (Å²) in [5.74, 6) is 0.106. The fraction of sp³-hybridized carbons (Fsp3) is 0.625. The molecule has 0 aliphatic carbocycles. The van der Waals surface area contributed by atoms with E-state index in [0.717, 1.165) is 37.7 Å². The van der Waals surface area contributed by atoms with Gasteiger partial charge in [0.15, 0.2) is 0 Å². The first kappa shape index (κ1) is 16.5. The first-order valence-electron chi connectivity index (χ1n) is 7.66. The molecule has 0 spiro atoms. The summed E-state index contributed by atoms with van der Waals surface area (Å²) in [6.45, 7) is 1.36. The molecule has 0 bridgehead atoms. The van der Waals surface area contributed by atoms with E-state index in [4.69, 9.17) is 4.74 Å². The van der Waals surface area contributed by atoms with Gasteiger partial charge in [-0.1, -0.05) is 36.8 Å². The van der Waals surface area contributed by atoms with E-state index in [1.807, 2.05) is 30.3 Å². The molecule has 0 amide bonds. The second kappa shape index (κ2) is 7.92. The number of ether oxygens (including phenoxy) is 1. The summed E-state index contributed by atoms with van der Waals surface area (Å²) in [4.78, 5) is 0. The summed E-state index contributed by atoms with van der Waals surface area (Å²) < 4.78 is 32.2. The fourth-order valence-corrected chi connectivity index (χ4v) is 4.81. The van der Waals surface area contributed by atoms with Gasteiger partial charge in [0.05, 0.1) is 5.75 Å². The van der Waals surface area contributed by atoms with Crippen molar-refractivity contribution < 1.29 is 13.2 Å². The molecular weight excluding hydrogens is 286 g/mol. The molecule has 1 aliphatic heterocycles. The molecule has 0 radical (unpaired) electrons. The number of benzene rings is 1. The van der Waals surface area contributed by atoms with Crippen LogP contribution in [0.2, 0.25) is 0 Å². The van der Waals surface area contributed by atoms with Crippen molar-refractivity contribution in [2.24, 2.45) is 0 Å². The van der Waals surface area contributed by atoms with Crippen LogP contribution in [-0.2, 0) is 20.5 Å². The predicted molar refractivity (Wildman–Crippen MR) is 84.5 cm³/mol. The van der Waals surface area contributed by atoms with E-state index in [1.54, 1.807) is 11.4 Å². The van der Waals surface area contributed by atoms with Crippen molar-refractivity contribution in [3.63, 3.8) is 0 Å². The van der Waals surface area contributed by atoms with Crippen LogP contribution in [0, 0.1) is 0 Å². The molecule has 4 nitrogen and oxygen atoms in total. The molecule has 1 saturated heterocycles. The molecule has 0 unspecified atom stereocenters. The molecule has 2 rings (SSSR count). The lowest BCUT2D eigenvalue weighted by Crippen LogP contribution is -2.44. The van der Waals surface area contributed by atoms with E-state index >= 15 is 0 Å². The zero-order valence-corrected chi connectivity index (χ0v) is 13.5.